The summed E-state index contributed by atoms with van der Waals surface area (Å²) in [4.78, 5) is 14.0. The number of benzene rings is 1. The van der Waals surface area contributed by atoms with E-state index in [0.29, 0.717) is 18.8 Å². The van der Waals surface area contributed by atoms with E-state index in [-0.39, 0.29) is 17.6 Å². The topological polar surface area (TPSA) is 75.7 Å². The van der Waals surface area contributed by atoms with E-state index in [1.807, 2.05) is 6.92 Å². The van der Waals surface area contributed by atoms with Crippen LogP contribution >= 0.6 is 0 Å². The van der Waals surface area contributed by atoms with Crippen LogP contribution in [0.15, 0.2) is 30.3 Å². The lowest BCUT2D eigenvalue weighted by atomic mass is 9.96. The standard InChI is InChI=1S/C17H26N2O4S/c1-2-10-18-17(20)15-8-11-19(12-9-15)13-14-24(21,22)23-16-6-4-3-5-7-16/h3-7,15H,2,8-14H2,1H3,(H,18,20). The summed E-state index contributed by atoms with van der Waals surface area (Å²) in [5.74, 6) is 0.458. The Balaban J connectivity index is 1.73. The Morgan fingerprint density at radius 2 is 1.92 bits per heavy atom. The summed E-state index contributed by atoms with van der Waals surface area (Å²) in [6, 6.07) is 8.52. The largest absolute Gasteiger partial charge is 0.382 e. The molecule has 2 rings (SSSR count). The van der Waals surface area contributed by atoms with Crippen molar-refractivity contribution in [2.75, 3.05) is 31.9 Å². The first-order valence-corrected chi connectivity index (χ1v) is 10.0. The minimum absolute atomic E-state index is 0.0463. The molecule has 1 heterocycles. The van der Waals surface area contributed by atoms with Crippen LogP contribution in [0.5, 0.6) is 5.75 Å². The van der Waals surface area contributed by atoms with Gasteiger partial charge in [-0.1, -0.05) is 25.1 Å². The summed E-state index contributed by atoms with van der Waals surface area (Å²) in [6.07, 6.45) is 2.48. The summed E-state index contributed by atoms with van der Waals surface area (Å²) in [6.45, 7) is 4.66. The van der Waals surface area contributed by atoms with Crippen molar-refractivity contribution >= 4 is 16.0 Å². The van der Waals surface area contributed by atoms with Gasteiger partial charge in [0.25, 0.3) is 0 Å². The van der Waals surface area contributed by atoms with Crippen molar-refractivity contribution in [1.82, 2.24) is 10.2 Å². The second-order valence-corrected chi connectivity index (χ2v) is 7.76. The maximum absolute atomic E-state index is 12.0. The van der Waals surface area contributed by atoms with Crippen molar-refractivity contribution < 1.29 is 17.4 Å². The van der Waals surface area contributed by atoms with Crippen molar-refractivity contribution in [2.45, 2.75) is 26.2 Å². The Labute approximate surface area is 144 Å². The average molecular weight is 354 g/mol. The smallest absolute Gasteiger partial charge is 0.310 e. The molecule has 0 aliphatic carbocycles. The van der Waals surface area contributed by atoms with Crippen LogP contribution in [0.3, 0.4) is 0 Å². The number of nitrogens with zero attached hydrogens (tertiary/aromatic N) is 1. The molecule has 1 amide bonds. The molecule has 1 fully saturated rings. The van der Waals surface area contributed by atoms with Crippen LogP contribution in [0.1, 0.15) is 26.2 Å². The van der Waals surface area contributed by atoms with Crippen LogP contribution in [0.4, 0.5) is 0 Å². The summed E-state index contributed by atoms with van der Waals surface area (Å²) in [5.41, 5.74) is 0. The molecule has 1 saturated heterocycles. The van der Waals surface area contributed by atoms with Crippen LogP contribution in [-0.4, -0.2) is 51.2 Å². The maximum Gasteiger partial charge on any atom is 0.310 e. The molecule has 1 aliphatic heterocycles. The van der Waals surface area contributed by atoms with Gasteiger partial charge in [0.05, 0.1) is 5.75 Å². The number of rotatable bonds is 8. The Kier molecular flexibility index (Phi) is 7.05. The van der Waals surface area contributed by atoms with E-state index in [2.05, 4.69) is 10.2 Å². The van der Waals surface area contributed by atoms with Crippen molar-refractivity contribution in [3.05, 3.63) is 30.3 Å². The van der Waals surface area contributed by atoms with Crippen LogP contribution in [0, 0.1) is 5.92 Å². The Morgan fingerprint density at radius 3 is 2.54 bits per heavy atom. The van der Waals surface area contributed by atoms with E-state index in [4.69, 9.17) is 4.18 Å². The van der Waals surface area contributed by atoms with Gasteiger partial charge in [0.2, 0.25) is 5.91 Å². The number of amides is 1. The summed E-state index contributed by atoms with van der Waals surface area (Å²) >= 11 is 0. The van der Waals surface area contributed by atoms with E-state index in [1.54, 1.807) is 30.3 Å². The molecule has 0 aromatic heterocycles. The fourth-order valence-corrected chi connectivity index (χ4v) is 3.69. The maximum atomic E-state index is 12.0. The lowest BCUT2D eigenvalue weighted by Gasteiger charge is -2.31. The number of hydrogen-bond donors (Lipinski definition) is 1. The third kappa shape index (κ3) is 6.13. The highest BCUT2D eigenvalue weighted by molar-refractivity contribution is 7.87. The zero-order chi connectivity index (χ0) is 17.4. The van der Waals surface area contributed by atoms with E-state index in [0.717, 1.165) is 32.4 Å². The number of para-hydroxylation sites is 1. The van der Waals surface area contributed by atoms with E-state index in [1.165, 1.54) is 0 Å². The van der Waals surface area contributed by atoms with Crippen LogP contribution in [0.2, 0.25) is 0 Å². The third-order valence-electron chi connectivity index (χ3n) is 4.13. The zero-order valence-corrected chi connectivity index (χ0v) is 14.9. The van der Waals surface area contributed by atoms with Crippen molar-refractivity contribution in [3.8, 4) is 5.75 Å². The first-order chi connectivity index (χ1) is 11.5. The SMILES string of the molecule is CCCNC(=O)C1CCN(CCS(=O)(=O)Oc2ccccc2)CC1. The number of likely N-dealkylation sites (tertiary alicyclic amines) is 1. The van der Waals surface area contributed by atoms with Crippen LogP contribution in [0.25, 0.3) is 0 Å². The van der Waals surface area contributed by atoms with E-state index < -0.39 is 10.1 Å². The fourth-order valence-electron chi connectivity index (χ4n) is 2.72. The number of carbonyl (C=O) groups excluding carboxylic acids is 1. The molecular formula is C17H26N2O4S. The van der Waals surface area contributed by atoms with Gasteiger partial charge < -0.3 is 14.4 Å². The molecule has 0 radical (unpaired) electrons. The highest BCUT2D eigenvalue weighted by Gasteiger charge is 2.25. The molecule has 1 aromatic rings. The van der Waals surface area contributed by atoms with Gasteiger partial charge in [-0.3, -0.25) is 4.79 Å². The first-order valence-electron chi connectivity index (χ1n) is 8.47. The van der Waals surface area contributed by atoms with E-state index >= 15 is 0 Å². The molecule has 0 bridgehead atoms. The highest BCUT2D eigenvalue weighted by Crippen LogP contribution is 2.18. The molecule has 7 heteroatoms. The fraction of sp³-hybridized carbons (Fsp3) is 0.588. The summed E-state index contributed by atoms with van der Waals surface area (Å²) in [5, 5.41) is 2.93. The van der Waals surface area contributed by atoms with Crippen LogP contribution < -0.4 is 9.50 Å². The van der Waals surface area contributed by atoms with Crippen molar-refractivity contribution in [1.29, 1.82) is 0 Å². The number of nitrogens with one attached hydrogen (secondary N) is 1. The second kappa shape index (κ2) is 9.03. The molecule has 0 atom stereocenters. The molecule has 0 unspecified atom stereocenters. The Bertz CT molecular complexity index is 611. The van der Waals surface area contributed by atoms with Gasteiger partial charge in [0, 0.05) is 19.0 Å². The molecule has 1 N–H and O–H groups in total. The minimum Gasteiger partial charge on any atom is -0.382 e. The van der Waals surface area contributed by atoms with Gasteiger partial charge in [0.15, 0.2) is 0 Å². The van der Waals surface area contributed by atoms with E-state index in [9.17, 15) is 13.2 Å². The van der Waals surface area contributed by atoms with Gasteiger partial charge in [-0.25, -0.2) is 0 Å². The lowest BCUT2D eigenvalue weighted by molar-refractivity contribution is -0.126. The molecule has 1 aliphatic rings. The first kappa shape index (κ1) is 18.7. The van der Waals surface area contributed by atoms with Crippen molar-refractivity contribution in [2.24, 2.45) is 5.92 Å². The van der Waals surface area contributed by atoms with Gasteiger partial charge in [-0.05, 0) is 44.5 Å². The Hall–Kier alpha value is -1.60. The molecule has 0 saturated carbocycles. The van der Waals surface area contributed by atoms with Gasteiger partial charge in [-0.15, -0.1) is 0 Å². The number of carbonyl (C=O) groups is 1. The molecule has 1 aromatic carbocycles. The minimum atomic E-state index is -3.60. The second-order valence-electron chi connectivity index (χ2n) is 6.07. The van der Waals surface area contributed by atoms with Gasteiger partial charge in [-0.2, -0.15) is 8.42 Å². The number of hydrogen-bond acceptors (Lipinski definition) is 5. The average Bonchev–Trinajstić information content (AvgIpc) is 2.59. The summed E-state index contributed by atoms with van der Waals surface area (Å²) < 4.78 is 29.1. The predicted molar refractivity (Wildman–Crippen MR) is 93.3 cm³/mol. The quantitative estimate of drug-likeness (QED) is 0.718. The van der Waals surface area contributed by atoms with Crippen molar-refractivity contribution in [3.63, 3.8) is 0 Å². The molecule has 24 heavy (non-hydrogen) atoms. The van der Waals surface area contributed by atoms with Gasteiger partial charge >= 0.3 is 10.1 Å². The highest BCUT2D eigenvalue weighted by atomic mass is 32.2. The molecular weight excluding hydrogens is 328 g/mol. The molecule has 0 spiro atoms. The number of piperidine rings is 1. The van der Waals surface area contributed by atoms with Crippen LogP contribution in [-0.2, 0) is 14.9 Å². The summed E-state index contributed by atoms with van der Waals surface area (Å²) in [7, 11) is -3.60. The Morgan fingerprint density at radius 1 is 1.25 bits per heavy atom. The molecule has 6 nitrogen and oxygen atoms in total. The monoisotopic (exact) mass is 354 g/mol. The molecule has 134 valence electrons. The predicted octanol–water partition coefficient (Wildman–Crippen LogP) is 1.63. The zero-order valence-electron chi connectivity index (χ0n) is 14.1. The normalized spacial score (nSPS) is 16.7. The third-order valence-corrected chi connectivity index (χ3v) is 5.26. The lowest BCUT2D eigenvalue weighted by Crippen LogP contribution is -2.42. The van der Waals surface area contributed by atoms with Gasteiger partial charge in [0.1, 0.15) is 5.75 Å².